The van der Waals surface area contributed by atoms with Gasteiger partial charge in [-0.3, -0.25) is 4.98 Å². The quantitative estimate of drug-likeness (QED) is 0.855. The number of nitrogens with zero attached hydrogens (tertiary/aromatic N) is 1. The van der Waals surface area contributed by atoms with Crippen LogP contribution in [0.1, 0.15) is 5.69 Å². The van der Waals surface area contributed by atoms with Crippen molar-refractivity contribution in [2.45, 2.75) is 12.3 Å². The fourth-order valence-electron chi connectivity index (χ4n) is 1.32. The molecule has 18 heavy (non-hydrogen) atoms. The molecule has 0 bridgehead atoms. The molecule has 1 N–H and O–H groups in total. The molecule has 1 heterocycles. The summed E-state index contributed by atoms with van der Waals surface area (Å²) in [6.07, 6.45) is -3.55. The first kappa shape index (κ1) is 14.7. The monoisotopic (exact) mass is 264 g/mol. The topological polar surface area (TPSA) is 43.4 Å². The van der Waals surface area contributed by atoms with Gasteiger partial charge in [-0.05, 0) is 12.1 Å². The highest BCUT2D eigenvalue weighted by atomic mass is 19.4. The Morgan fingerprint density at radius 2 is 2.11 bits per heavy atom. The molecule has 0 radical (unpaired) electrons. The number of rotatable bonds is 6. The first-order valence-electron chi connectivity index (χ1n) is 5.26. The number of aromatic nitrogens is 1. The van der Waals surface area contributed by atoms with Crippen molar-refractivity contribution < 1.29 is 22.6 Å². The number of halogens is 3. The van der Waals surface area contributed by atoms with Crippen molar-refractivity contribution >= 4 is 5.69 Å². The van der Waals surface area contributed by atoms with Gasteiger partial charge >= 0.3 is 6.18 Å². The number of anilines is 1. The van der Waals surface area contributed by atoms with E-state index < -0.39 is 11.9 Å². The van der Waals surface area contributed by atoms with E-state index in [1.807, 2.05) is 0 Å². The van der Waals surface area contributed by atoms with Crippen LogP contribution in [0, 0.1) is 0 Å². The minimum absolute atomic E-state index is 0.225. The van der Waals surface area contributed by atoms with Gasteiger partial charge in [0.1, 0.15) is 5.69 Å². The van der Waals surface area contributed by atoms with Crippen LogP contribution < -0.4 is 5.32 Å². The first-order chi connectivity index (χ1) is 8.47. The Balaban J connectivity index is 2.62. The molecule has 0 saturated carbocycles. The zero-order chi connectivity index (χ0) is 13.6. The molecule has 1 atom stereocenters. The van der Waals surface area contributed by atoms with Gasteiger partial charge in [0, 0.05) is 32.6 Å². The Labute approximate surface area is 103 Å². The second-order valence-corrected chi connectivity index (χ2v) is 3.62. The molecule has 1 aromatic heterocycles. The van der Waals surface area contributed by atoms with E-state index in [2.05, 4.69) is 10.3 Å². The van der Waals surface area contributed by atoms with Gasteiger partial charge in [-0.15, -0.1) is 0 Å². The smallest absolute Gasteiger partial charge is 0.382 e. The number of pyridine rings is 1. The number of hydrogen-bond acceptors (Lipinski definition) is 4. The third kappa shape index (κ3) is 4.50. The Hall–Kier alpha value is -1.34. The molecule has 0 spiro atoms. The molecule has 0 amide bonds. The maximum Gasteiger partial charge on any atom is 0.433 e. The summed E-state index contributed by atoms with van der Waals surface area (Å²) in [5.41, 5.74) is -0.580. The third-order valence-corrected chi connectivity index (χ3v) is 2.27. The minimum Gasteiger partial charge on any atom is -0.382 e. The molecule has 0 fully saturated rings. The third-order valence-electron chi connectivity index (χ3n) is 2.27. The van der Waals surface area contributed by atoms with Crippen LogP contribution in [-0.2, 0) is 15.7 Å². The highest BCUT2D eigenvalue weighted by Crippen LogP contribution is 2.28. The van der Waals surface area contributed by atoms with Crippen LogP contribution in [0.3, 0.4) is 0 Å². The Morgan fingerprint density at radius 3 is 2.67 bits per heavy atom. The number of alkyl halides is 3. The van der Waals surface area contributed by atoms with Crippen LogP contribution in [0.5, 0.6) is 0 Å². The summed E-state index contributed by atoms with van der Waals surface area (Å²) < 4.78 is 47.2. The normalized spacial score (nSPS) is 13.4. The molecular weight excluding hydrogens is 249 g/mol. The molecule has 0 aliphatic carbocycles. The zero-order valence-corrected chi connectivity index (χ0v) is 10.1. The van der Waals surface area contributed by atoms with Crippen LogP contribution in [0.15, 0.2) is 18.3 Å². The first-order valence-corrected chi connectivity index (χ1v) is 5.26. The summed E-state index contributed by atoms with van der Waals surface area (Å²) in [5, 5.41) is 2.85. The van der Waals surface area contributed by atoms with Crippen molar-refractivity contribution in [2.75, 3.05) is 32.7 Å². The number of methoxy groups -OCH3 is 2. The van der Waals surface area contributed by atoms with Crippen LogP contribution in [0.25, 0.3) is 0 Å². The van der Waals surface area contributed by atoms with E-state index in [1.165, 1.54) is 20.3 Å². The zero-order valence-electron chi connectivity index (χ0n) is 10.1. The van der Waals surface area contributed by atoms with Crippen LogP contribution >= 0.6 is 0 Å². The summed E-state index contributed by atoms with van der Waals surface area (Å²) in [6, 6.07) is 2.42. The van der Waals surface area contributed by atoms with Gasteiger partial charge in [0.15, 0.2) is 0 Å². The van der Waals surface area contributed by atoms with Gasteiger partial charge in [-0.2, -0.15) is 13.2 Å². The van der Waals surface area contributed by atoms with Gasteiger partial charge in [0.25, 0.3) is 0 Å². The van der Waals surface area contributed by atoms with E-state index >= 15 is 0 Å². The van der Waals surface area contributed by atoms with Crippen LogP contribution in [-0.4, -0.2) is 38.5 Å². The summed E-state index contributed by atoms with van der Waals surface area (Å²) in [4.78, 5) is 3.27. The van der Waals surface area contributed by atoms with Gasteiger partial charge in [-0.25, -0.2) is 0 Å². The number of hydrogen-bond donors (Lipinski definition) is 1. The highest BCUT2D eigenvalue weighted by Gasteiger charge is 2.32. The van der Waals surface area contributed by atoms with E-state index in [0.717, 1.165) is 12.3 Å². The fourth-order valence-corrected chi connectivity index (χ4v) is 1.32. The highest BCUT2D eigenvalue weighted by molar-refractivity contribution is 5.43. The molecule has 1 unspecified atom stereocenters. The summed E-state index contributed by atoms with van der Waals surface area (Å²) in [7, 11) is 3.04. The summed E-state index contributed by atoms with van der Waals surface area (Å²) in [6.45, 7) is 0.715. The molecule has 4 nitrogen and oxygen atoms in total. The van der Waals surface area contributed by atoms with Crippen LogP contribution in [0.2, 0.25) is 0 Å². The lowest BCUT2D eigenvalue weighted by Crippen LogP contribution is -2.26. The summed E-state index contributed by atoms with van der Waals surface area (Å²) >= 11 is 0. The van der Waals surface area contributed by atoms with Gasteiger partial charge in [0.2, 0.25) is 0 Å². The predicted octanol–water partition coefficient (Wildman–Crippen LogP) is 2.17. The average Bonchev–Trinajstić information content (AvgIpc) is 2.34. The lowest BCUT2D eigenvalue weighted by Gasteiger charge is -2.16. The maximum atomic E-state index is 12.4. The molecule has 1 rings (SSSR count). The minimum atomic E-state index is -4.44. The lowest BCUT2D eigenvalue weighted by molar-refractivity contribution is -0.141. The van der Waals surface area contributed by atoms with Crippen molar-refractivity contribution in [3.05, 3.63) is 24.0 Å². The molecule has 0 aromatic carbocycles. The average molecular weight is 264 g/mol. The Bertz CT molecular complexity index is 372. The van der Waals surface area contributed by atoms with Crippen molar-refractivity contribution in [1.29, 1.82) is 0 Å². The molecule has 0 saturated heterocycles. The van der Waals surface area contributed by atoms with Crippen molar-refractivity contribution in [3.8, 4) is 0 Å². The fraction of sp³-hybridized carbons (Fsp3) is 0.545. The van der Waals surface area contributed by atoms with Gasteiger partial charge < -0.3 is 14.8 Å². The number of ether oxygens (including phenoxy) is 2. The Morgan fingerprint density at radius 1 is 1.39 bits per heavy atom. The molecular formula is C11H15F3N2O2. The lowest BCUT2D eigenvalue weighted by atomic mass is 10.3. The molecule has 1 aromatic rings. The van der Waals surface area contributed by atoms with E-state index in [4.69, 9.17) is 9.47 Å². The Kier molecular flexibility index (Phi) is 5.36. The summed E-state index contributed by atoms with van der Waals surface area (Å²) in [5.74, 6) is 0. The van der Waals surface area contributed by atoms with E-state index in [-0.39, 0.29) is 6.10 Å². The van der Waals surface area contributed by atoms with E-state index in [1.54, 1.807) is 0 Å². The second kappa shape index (κ2) is 6.55. The molecule has 7 heteroatoms. The van der Waals surface area contributed by atoms with E-state index in [9.17, 15) is 13.2 Å². The molecule has 0 aliphatic heterocycles. The second-order valence-electron chi connectivity index (χ2n) is 3.62. The molecule has 0 aliphatic rings. The van der Waals surface area contributed by atoms with Gasteiger partial charge in [-0.1, -0.05) is 0 Å². The SMILES string of the molecule is COCC(CNc1ccnc(C(F)(F)F)c1)OC. The van der Waals surface area contributed by atoms with Crippen molar-refractivity contribution in [1.82, 2.24) is 4.98 Å². The standard InChI is InChI=1S/C11H15F3N2O2/c1-17-7-9(18-2)6-16-8-3-4-15-10(5-8)11(12,13)14/h3-5,9H,6-7H2,1-2H3,(H,15,16). The number of nitrogens with one attached hydrogen (secondary N) is 1. The largest absolute Gasteiger partial charge is 0.433 e. The predicted molar refractivity (Wildman–Crippen MR) is 60.4 cm³/mol. The van der Waals surface area contributed by atoms with Gasteiger partial charge in [0.05, 0.1) is 12.7 Å². The van der Waals surface area contributed by atoms with Crippen LogP contribution in [0.4, 0.5) is 18.9 Å². The molecule has 102 valence electrons. The van der Waals surface area contributed by atoms with E-state index in [0.29, 0.717) is 18.8 Å². The maximum absolute atomic E-state index is 12.4. The van der Waals surface area contributed by atoms with Crippen molar-refractivity contribution in [2.24, 2.45) is 0 Å². The van der Waals surface area contributed by atoms with Crippen molar-refractivity contribution in [3.63, 3.8) is 0 Å².